The Hall–Kier alpha value is -2.97. The van der Waals surface area contributed by atoms with Crippen LogP contribution in [0.25, 0.3) is 0 Å². The first kappa shape index (κ1) is 19.8. The van der Waals surface area contributed by atoms with E-state index in [-0.39, 0.29) is 24.2 Å². The Morgan fingerprint density at radius 1 is 1.14 bits per heavy atom. The summed E-state index contributed by atoms with van der Waals surface area (Å²) < 4.78 is 10.8. The van der Waals surface area contributed by atoms with Crippen LogP contribution in [0.1, 0.15) is 11.6 Å². The summed E-state index contributed by atoms with van der Waals surface area (Å²) in [5.41, 5.74) is 1.12. The predicted molar refractivity (Wildman–Crippen MR) is 103 cm³/mol. The van der Waals surface area contributed by atoms with Gasteiger partial charge in [-0.3, -0.25) is 19.8 Å². The maximum absolute atomic E-state index is 12.2. The van der Waals surface area contributed by atoms with E-state index in [1.807, 2.05) is 18.2 Å². The molecule has 0 radical (unpaired) electrons. The van der Waals surface area contributed by atoms with Crippen LogP contribution in [-0.4, -0.2) is 55.2 Å². The zero-order valence-electron chi connectivity index (χ0n) is 15.5. The van der Waals surface area contributed by atoms with Gasteiger partial charge in [-0.05, 0) is 17.7 Å². The largest absolute Gasteiger partial charge is 0.484 e. The Morgan fingerprint density at radius 2 is 1.82 bits per heavy atom. The molecule has 0 bridgehead atoms. The van der Waals surface area contributed by atoms with Gasteiger partial charge < -0.3 is 14.8 Å². The van der Waals surface area contributed by atoms with Gasteiger partial charge in [-0.1, -0.05) is 30.3 Å². The zero-order valence-corrected chi connectivity index (χ0v) is 15.5. The Bertz CT molecular complexity index is 776. The summed E-state index contributed by atoms with van der Waals surface area (Å²) in [6, 6.07) is 15.8. The van der Waals surface area contributed by atoms with E-state index in [4.69, 9.17) is 9.47 Å². The molecule has 3 rings (SSSR count). The van der Waals surface area contributed by atoms with Crippen molar-refractivity contribution in [1.82, 2.24) is 10.2 Å². The highest BCUT2D eigenvalue weighted by atomic mass is 16.6. The van der Waals surface area contributed by atoms with E-state index in [0.29, 0.717) is 25.5 Å². The lowest BCUT2D eigenvalue weighted by Crippen LogP contribution is -2.44. The van der Waals surface area contributed by atoms with Crippen LogP contribution in [-0.2, 0) is 9.53 Å². The summed E-state index contributed by atoms with van der Waals surface area (Å²) in [4.78, 5) is 24.7. The third-order valence-corrected chi connectivity index (χ3v) is 4.58. The SMILES string of the molecule is O=C(COc1ccc([N+](=O)[O-])cc1)NCC(c1ccccc1)N1CCOCC1. The average Bonchev–Trinajstić information content (AvgIpc) is 2.74. The van der Waals surface area contributed by atoms with Crippen LogP contribution < -0.4 is 10.1 Å². The van der Waals surface area contributed by atoms with E-state index in [1.165, 1.54) is 24.3 Å². The number of carbonyl (C=O) groups excluding carboxylic acids is 1. The maximum atomic E-state index is 12.2. The van der Waals surface area contributed by atoms with E-state index in [9.17, 15) is 14.9 Å². The van der Waals surface area contributed by atoms with Gasteiger partial charge >= 0.3 is 0 Å². The molecule has 1 aliphatic rings. The summed E-state index contributed by atoms with van der Waals surface area (Å²) in [6.07, 6.45) is 0. The molecular weight excluding hydrogens is 362 g/mol. The van der Waals surface area contributed by atoms with E-state index in [0.717, 1.165) is 18.7 Å². The van der Waals surface area contributed by atoms with Crippen molar-refractivity contribution in [3.8, 4) is 5.75 Å². The number of carbonyl (C=O) groups is 1. The van der Waals surface area contributed by atoms with Crippen molar-refractivity contribution < 1.29 is 19.2 Å². The second-order valence-electron chi connectivity index (χ2n) is 6.42. The molecule has 1 heterocycles. The highest BCUT2D eigenvalue weighted by molar-refractivity contribution is 5.77. The van der Waals surface area contributed by atoms with Crippen LogP contribution in [0.2, 0.25) is 0 Å². The first-order chi connectivity index (χ1) is 13.6. The van der Waals surface area contributed by atoms with Crippen LogP contribution in [0.5, 0.6) is 5.75 Å². The molecule has 8 nitrogen and oxygen atoms in total. The molecule has 1 aliphatic heterocycles. The van der Waals surface area contributed by atoms with Crippen molar-refractivity contribution in [3.63, 3.8) is 0 Å². The summed E-state index contributed by atoms with van der Waals surface area (Å²) in [5, 5.41) is 13.6. The molecule has 1 unspecified atom stereocenters. The number of amides is 1. The standard InChI is InChI=1S/C20H23N3O5/c24-20(15-28-18-8-6-17(7-9-18)23(25)26)21-14-19(16-4-2-1-3-5-16)22-10-12-27-13-11-22/h1-9,19H,10-15H2,(H,21,24). The number of nitrogens with one attached hydrogen (secondary N) is 1. The van der Waals surface area contributed by atoms with E-state index in [1.54, 1.807) is 0 Å². The molecule has 148 valence electrons. The molecule has 1 atom stereocenters. The minimum atomic E-state index is -0.480. The molecule has 1 N–H and O–H groups in total. The normalized spacial score (nSPS) is 15.6. The minimum absolute atomic E-state index is 0.0204. The summed E-state index contributed by atoms with van der Waals surface area (Å²) in [5.74, 6) is 0.168. The third-order valence-electron chi connectivity index (χ3n) is 4.58. The number of morpholine rings is 1. The molecular formula is C20H23N3O5. The smallest absolute Gasteiger partial charge is 0.269 e. The average molecular weight is 385 g/mol. The molecule has 0 aliphatic carbocycles. The van der Waals surface area contributed by atoms with Crippen molar-refractivity contribution in [2.24, 2.45) is 0 Å². The number of hydrogen-bond donors (Lipinski definition) is 1. The van der Waals surface area contributed by atoms with Gasteiger partial charge in [-0.15, -0.1) is 0 Å². The lowest BCUT2D eigenvalue weighted by atomic mass is 10.0. The lowest BCUT2D eigenvalue weighted by Gasteiger charge is -2.34. The van der Waals surface area contributed by atoms with E-state index in [2.05, 4.69) is 22.3 Å². The summed E-state index contributed by atoms with van der Waals surface area (Å²) in [6.45, 7) is 3.30. The fourth-order valence-corrected chi connectivity index (χ4v) is 3.10. The van der Waals surface area contributed by atoms with Gasteiger partial charge in [0.25, 0.3) is 11.6 Å². The Kier molecular flexibility index (Phi) is 6.94. The topological polar surface area (TPSA) is 93.9 Å². The Labute approximate surface area is 163 Å². The van der Waals surface area contributed by atoms with Crippen LogP contribution in [0.15, 0.2) is 54.6 Å². The van der Waals surface area contributed by atoms with E-state index < -0.39 is 4.92 Å². The summed E-state index contributed by atoms with van der Waals surface area (Å²) >= 11 is 0. The molecule has 1 saturated heterocycles. The number of ether oxygens (including phenoxy) is 2. The molecule has 0 saturated carbocycles. The lowest BCUT2D eigenvalue weighted by molar-refractivity contribution is -0.384. The number of nitrogens with zero attached hydrogens (tertiary/aromatic N) is 2. The van der Waals surface area contributed by atoms with Gasteiger partial charge in [0.2, 0.25) is 0 Å². The quantitative estimate of drug-likeness (QED) is 0.553. The van der Waals surface area contributed by atoms with Gasteiger partial charge in [0.15, 0.2) is 6.61 Å². The van der Waals surface area contributed by atoms with Gasteiger partial charge in [0.05, 0.1) is 24.2 Å². The molecule has 0 aromatic heterocycles. The highest BCUT2D eigenvalue weighted by Crippen LogP contribution is 2.21. The van der Waals surface area contributed by atoms with Crippen molar-refractivity contribution in [2.75, 3.05) is 39.5 Å². The highest BCUT2D eigenvalue weighted by Gasteiger charge is 2.23. The number of rotatable bonds is 8. The molecule has 1 fully saturated rings. The molecule has 1 amide bonds. The second-order valence-corrected chi connectivity index (χ2v) is 6.42. The Balaban J connectivity index is 1.53. The first-order valence-electron chi connectivity index (χ1n) is 9.14. The monoisotopic (exact) mass is 385 g/mol. The summed E-state index contributed by atoms with van der Waals surface area (Å²) in [7, 11) is 0. The number of nitro benzene ring substituents is 1. The van der Waals surface area contributed by atoms with Gasteiger partial charge in [0, 0.05) is 31.8 Å². The van der Waals surface area contributed by atoms with Gasteiger partial charge in [-0.25, -0.2) is 0 Å². The molecule has 0 spiro atoms. The first-order valence-corrected chi connectivity index (χ1v) is 9.14. The molecule has 28 heavy (non-hydrogen) atoms. The fraction of sp³-hybridized carbons (Fsp3) is 0.350. The van der Waals surface area contributed by atoms with Crippen molar-refractivity contribution >= 4 is 11.6 Å². The Morgan fingerprint density at radius 3 is 2.46 bits per heavy atom. The zero-order chi connectivity index (χ0) is 19.8. The minimum Gasteiger partial charge on any atom is -0.484 e. The molecule has 2 aromatic rings. The van der Waals surface area contributed by atoms with Crippen molar-refractivity contribution in [1.29, 1.82) is 0 Å². The van der Waals surface area contributed by atoms with Crippen LogP contribution in [0.4, 0.5) is 5.69 Å². The van der Waals surface area contributed by atoms with E-state index >= 15 is 0 Å². The number of hydrogen-bond acceptors (Lipinski definition) is 6. The third kappa shape index (κ3) is 5.51. The fourth-order valence-electron chi connectivity index (χ4n) is 3.10. The molecule has 2 aromatic carbocycles. The predicted octanol–water partition coefficient (Wildman–Crippen LogP) is 2.16. The van der Waals surface area contributed by atoms with Crippen LogP contribution >= 0.6 is 0 Å². The van der Waals surface area contributed by atoms with Crippen LogP contribution in [0.3, 0.4) is 0 Å². The second kappa shape index (κ2) is 9.82. The van der Waals surface area contributed by atoms with Gasteiger partial charge in [0.1, 0.15) is 5.75 Å². The number of benzene rings is 2. The van der Waals surface area contributed by atoms with Crippen LogP contribution in [0, 0.1) is 10.1 Å². The number of non-ortho nitro benzene ring substituents is 1. The van der Waals surface area contributed by atoms with Crippen molar-refractivity contribution in [3.05, 3.63) is 70.3 Å². The number of nitro groups is 1. The van der Waals surface area contributed by atoms with Gasteiger partial charge in [-0.2, -0.15) is 0 Å². The molecule has 8 heteroatoms. The maximum Gasteiger partial charge on any atom is 0.269 e. The van der Waals surface area contributed by atoms with Crippen molar-refractivity contribution in [2.45, 2.75) is 6.04 Å².